The molecule has 21 heteroatoms. The largest absolute Gasteiger partial charge is 0.449 e. The molecular weight excluding hydrogens is 955 g/mol. The Kier molecular flexibility index (Phi) is 25.1. The summed E-state index contributed by atoms with van der Waals surface area (Å²) in [5, 5.41) is 13.2. The fourth-order valence-corrected chi connectivity index (χ4v) is 10.4. The highest BCUT2D eigenvalue weighted by Gasteiger charge is 2.49. The van der Waals surface area contributed by atoms with Gasteiger partial charge in [0, 0.05) is 59.3 Å². The van der Waals surface area contributed by atoms with Crippen LogP contribution >= 0.6 is 0 Å². The van der Waals surface area contributed by atoms with Crippen LogP contribution in [0.15, 0.2) is 24.3 Å². The van der Waals surface area contributed by atoms with Gasteiger partial charge in [0.25, 0.3) is 5.91 Å². The number of ether oxygens (including phenoxy) is 3. The molecule has 0 spiro atoms. The van der Waals surface area contributed by atoms with Gasteiger partial charge in [0.2, 0.25) is 35.4 Å². The molecule has 1 aliphatic heterocycles. The normalized spacial score (nSPS) is 20.4. The van der Waals surface area contributed by atoms with Gasteiger partial charge in [-0.3, -0.25) is 43.3 Å². The van der Waals surface area contributed by atoms with E-state index in [1.165, 1.54) is 14.2 Å². The number of likely N-dealkylation sites (N-methyl/N-ethyl adjacent to an activating group) is 2. The Morgan fingerprint density at radius 1 is 0.784 bits per heavy atom. The van der Waals surface area contributed by atoms with Crippen molar-refractivity contribution in [3.05, 3.63) is 29.8 Å². The minimum absolute atomic E-state index is 0.0149. The van der Waals surface area contributed by atoms with Gasteiger partial charge in [0.15, 0.2) is 0 Å². The second-order valence-electron chi connectivity index (χ2n) is 20.3. The molecule has 4 rings (SSSR count). The van der Waals surface area contributed by atoms with E-state index >= 15 is 0 Å². The number of carbonyl (C=O) groups is 8. The highest BCUT2D eigenvalue weighted by molar-refractivity contribution is 5.94. The first-order valence-corrected chi connectivity index (χ1v) is 26.1. The highest BCUT2D eigenvalue weighted by atomic mass is 16.7. The molecule has 21 nitrogen and oxygen atoms in total. The van der Waals surface area contributed by atoms with E-state index < -0.39 is 66.0 Å². The molecular formula is C53H83N9O12. The van der Waals surface area contributed by atoms with Crippen molar-refractivity contribution in [1.29, 1.82) is 0 Å². The summed E-state index contributed by atoms with van der Waals surface area (Å²) in [6, 6.07) is 5.33. The fraction of sp³-hybridized carbons (Fsp3) is 0.698. The molecule has 2 aliphatic carbocycles. The van der Waals surface area contributed by atoms with Crippen LogP contribution in [0.5, 0.6) is 0 Å². The molecule has 1 heterocycles. The number of benzene rings is 1. The molecule has 9 atom stereocenters. The topological polar surface area (TPSA) is 255 Å². The number of hydroxylamine groups is 1. The third-order valence-corrected chi connectivity index (χ3v) is 14.6. The van der Waals surface area contributed by atoms with E-state index in [1.807, 2.05) is 46.7 Å². The second kappa shape index (κ2) is 30.5. The molecule has 1 aromatic carbocycles. The van der Waals surface area contributed by atoms with Gasteiger partial charge in [0.05, 0.1) is 75.5 Å². The van der Waals surface area contributed by atoms with E-state index in [1.54, 1.807) is 48.0 Å². The molecule has 0 aromatic heterocycles. The van der Waals surface area contributed by atoms with Crippen LogP contribution in [0, 0.1) is 47.3 Å². The molecule has 2 fully saturated rings. The van der Waals surface area contributed by atoms with Gasteiger partial charge >= 0.3 is 6.09 Å². The predicted molar refractivity (Wildman–Crippen MR) is 276 cm³/mol. The molecule has 3 aliphatic rings. The Morgan fingerprint density at radius 3 is 2.04 bits per heavy atom. The van der Waals surface area contributed by atoms with Crippen LogP contribution in [0.1, 0.15) is 98.0 Å². The van der Waals surface area contributed by atoms with Crippen molar-refractivity contribution < 1.29 is 57.4 Å². The van der Waals surface area contributed by atoms with Crippen molar-refractivity contribution >= 4 is 53.1 Å². The van der Waals surface area contributed by atoms with Gasteiger partial charge in [-0.05, 0) is 87.1 Å². The number of alkyl carbamates (subject to hydrolysis) is 1. The minimum atomic E-state index is -0.748. The second-order valence-corrected chi connectivity index (χ2v) is 20.3. The van der Waals surface area contributed by atoms with Crippen molar-refractivity contribution in [3.8, 4) is 11.8 Å². The van der Waals surface area contributed by atoms with Gasteiger partial charge in [-0.1, -0.05) is 53.2 Å². The first kappa shape index (κ1) is 60.7. The molecule has 412 valence electrons. The Hall–Kier alpha value is -5.82. The lowest BCUT2D eigenvalue weighted by molar-refractivity contribution is -0.146. The quantitative estimate of drug-likeness (QED) is 0.0499. The number of hydrogen-bond acceptors (Lipinski definition) is 13. The fourth-order valence-electron chi connectivity index (χ4n) is 10.4. The molecule has 0 bridgehead atoms. The van der Waals surface area contributed by atoms with Crippen LogP contribution < -0.4 is 32.1 Å². The lowest BCUT2D eigenvalue weighted by Gasteiger charge is -2.39. The van der Waals surface area contributed by atoms with E-state index in [2.05, 4.69) is 43.9 Å². The SMILES string of the molecule is CC[C@H](C)[C@@H]([C@@H](CC(=O)N1CCC[C@H]1[C@H](OC)[C@@H](C)C(=O)NCC(=O)NOCc1ccc(NC(=O)CNC(=O)CCNC(=O)OCC2C3CCC#CCCC32)cc1)OC)N(C)C(=O)CNC(=O)C(C(C)C)N(C)C. The summed E-state index contributed by atoms with van der Waals surface area (Å²) in [6.45, 7) is 9.58. The standard InChI is InChI=1S/C53H83N9O12/c1-11-34(4)49(61(8)47(67)30-57-52(69)48(33(2)3)60(6)7)42(71-9)27-46(66)62-26-16-19-41(62)50(72-10)35(5)51(68)56-29-45(65)59-74-31-36-20-22-37(23-21-36)58-44(64)28-55-43(63)24-25-54-53(70)73-32-40-38-17-14-12-13-15-18-39(38)40/h20-23,33-35,38-42,48-50H,11,14-19,24-32H2,1-10H3,(H,54,70)(H,55,63)(H,56,68)(H,57,69)(H,58,64)(H,59,65)/t34-,35+,38?,39?,40?,41-,42+,48?,49-,50+/m0/s1. The number of carbonyl (C=O) groups excluding carboxylic acids is 8. The summed E-state index contributed by atoms with van der Waals surface area (Å²) in [4.78, 5) is 114. The Morgan fingerprint density at radius 2 is 1.43 bits per heavy atom. The zero-order chi connectivity index (χ0) is 54.5. The average molecular weight is 1040 g/mol. The van der Waals surface area contributed by atoms with Crippen LogP contribution in [0.4, 0.5) is 10.5 Å². The van der Waals surface area contributed by atoms with Crippen LogP contribution in [0.3, 0.4) is 0 Å². The van der Waals surface area contributed by atoms with Crippen LogP contribution in [-0.2, 0) is 59.2 Å². The van der Waals surface area contributed by atoms with Crippen molar-refractivity contribution in [1.82, 2.24) is 41.4 Å². The maximum absolute atomic E-state index is 14.1. The van der Waals surface area contributed by atoms with Crippen LogP contribution in [-0.4, -0.2) is 167 Å². The van der Waals surface area contributed by atoms with Gasteiger partial charge in [-0.25, -0.2) is 10.3 Å². The summed E-state index contributed by atoms with van der Waals surface area (Å²) in [5.41, 5.74) is 3.45. The Labute approximate surface area is 437 Å². The molecule has 74 heavy (non-hydrogen) atoms. The summed E-state index contributed by atoms with van der Waals surface area (Å²) >= 11 is 0. The monoisotopic (exact) mass is 1040 g/mol. The maximum Gasteiger partial charge on any atom is 0.407 e. The highest BCUT2D eigenvalue weighted by Crippen LogP contribution is 2.52. The molecule has 1 aromatic rings. The van der Waals surface area contributed by atoms with Gasteiger partial charge < -0.3 is 50.6 Å². The van der Waals surface area contributed by atoms with E-state index in [4.69, 9.17) is 19.0 Å². The van der Waals surface area contributed by atoms with Gasteiger partial charge in [-0.2, -0.15) is 0 Å². The average Bonchev–Trinajstić information content (AvgIpc) is 3.74. The summed E-state index contributed by atoms with van der Waals surface area (Å²) in [7, 11) is 8.31. The first-order chi connectivity index (χ1) is 35.3. The molecule has 8 amide bonds. The summed E-state index contributed by atoms with van der Waals surface area (Å²) in [6.07, 6.45) is 3.87. The Balaban J connectivity index is 1.14. The zero-order valence-electron chi connectivity index (χ0n) is 45.2. The van der Waals surface area contributed by atoms with E-state index in [-0.39, 0.29) is 75.2 Å². The van der Waals surface area contributed by atoms with Gasteiger partial charge in [0.1, 0.15) is 0 Å². The molecule has 3 unspecified atom stereocenters. The molecule has 1 saturated heterocycles. The lowest BCUT2D eigenvalue weighted by Crippen LogP contribution is -2.55. The summed E-state index contributed by atoms with van der Waals surface area (Å²) < 4.78 is 17.2. The third-order valence-electron chi connectivity index (χ3n) is 14.6. The maximum atomic E-state index is 14.1. The van der Waals surface area contributed by atoms with E-state index in [0.29, 0.717) is 61.4 Å². The summed E-state index contributed by atoms with van der Waals surface area (Å²) in [5.74, 6) is 4.41. The number of rotatable bonds is 29. The predicted octanol–water partition coefficient (Wildman–Crippen LogP) is 2.58. The van der Waals surface area contributed by atoms with Gasteiger partial charge in [-0.15, -0.1) is 11.8 Å². The number of nitrogens with one attached hydrogen (secondary N) is 6. The zero-order valence-corrected chi connectivity index (χ0v) is 45.2. The number of anilines is 1. The number of likely N-dealkylation sites (tertiary alicyclic amines) is 1. The lowest BCUT2D eigenvalue weighted by atomic mass is 9.90. The number of amides is 8. The molecule has 1 saturated carbocycles. The van der Waals surface area contributed by atoms with Crippen molar-refractivity contribution in [2.24, 2.45) is 35.5 Å². The third kappa shape index (κ3) is 18.5. The van der Waals surface area contributed by atoms with Crippen LogP contribution in [0.2, 0.25) is 0 Å². The Bertz CT molecular complexity index is 2090. The van der Waals surface area contributed by atoms with Crippen LogP contribution in [0.25, 0.3) is 0 Å². The number of methoxy groups -OCH3 is 2. The van der Waals surface area contributed by atoms with E-state index in [9.17, 15) is 38.4 Å². The first-order valence-electron chi connectivity index (χ1n) is 26.1. The molecule has 0 radical (unpaired) electrons. The molecule has 6 N–H and O–H groups in total. The van der Waals surface area contributed by atoms with Crippen molar-refractivity contribution in [2.75, 3.05) is 80.0 Å². The smallest absolute Gasteiger partial charge is 0.407 e. The number of nitrogens with zero attached hydrogens (tertiary/aromatic N) is 3. The van der Waals surface area contributed by atoms with E-state index in [0.717, 1.165) is 25.7 Å². The number of hydrogen-bond donors (Lipinski definition) is 6. The van der Waals surface area contributed by atoms with Crippen molar-refractivity contribution in [3.63, 3.8) is 0 Å². The minimum Gasteiger partial charge on any atom is -0.449 e. The van der Waals surface area contributed by atoms with Crippen molar-refractivity contribution in [2.45, 2.75) is 129 Å². The number of fused-ring (bicyclic) bond motifs is 1.